The molecule has 4 nitrogen and oxygen atoms in total. The van der Waals surface area contributed by atoms with Crippen molar-refractivity contribution < 1.29 is 9.00 Å². The van der Waals surface area contributed by atoms with Gasteiger partial charge in [0.15, 0.2) is 0 Å². The van der Waals surface area contributed by atoms with Gasteiger partial charge in [0.1, 0.15) is 0 Å². The van der Waals surface area contributed by atoms with Crippen molar-refractivity contribution in [2.45, 2.75) is 38.1 Å². The Balaban J connectivity index is 1.88. The molecule has 1 spiro atoms. The van der Waals surface area contributed by atoms with Gasteiger partial charge in [-0.15, -0.1) is 0 Å². The van der Waals surface area contributed by atoms with E-state index in [1.54, 1.807) is 6.07 Å². The van der Waals surface area contributed by atoms with Crippen LogP contribution in [0.1, 0.15) is 41.6 Å². The van der Waals surface area contributed by atoms with Gasteiger partial charge in [-0.05, 0) is 50.3 Å². The lowest BCUT2D eigenvalue weighted by Gasteiger charge is -2.42. The van der Waals surface area contributed by atoms with Gasteiger partial charge in [-0.25, -0.2) is 4.21 Å². The van der Waals surface area contributed by atoms with Crippen LogP contribution in [0.15, 0.2) is 18.2 Å². The number of rotatable bonds is 1. The summed E-state index contributed by atoms with van der Waals surface area (Å²) in [6.07, 6.45) is 3.25. The van der Waals surface area contributed by atoms with E-state index in [4.69, 9.17) is 16.4 Å². The highest BCUT2D eigenvalue weighted by Crippen LogP contribution is 2.40. The highest BCUT2D eigenvalue weighted by Gasteiger charge is 2.46. The number of amides is 1. The van der Waals surface area contributed by atoms with E-state index in [2.05, 4.69) is 0 Å². The normalized spacial score (nSPS) is 31.6. The van der Waals surface area contributed by atoms with Crippen LogP contribution in [-0.4, -0.2) is 38.6 Å². The summed E-state index contributed by atoms with van der Waals surface area (Å²) in [4.78, 5) is 14.9. The van der Waals surface area contributed by atoms with Crippen molar-refractivity contribution in [3.05, 3.63) is 34.3 Å². The van der Waals surface area contributed by atoms with Crippen molar-refractivity contribution >= 4 is 27.2 Å². The Morgan fingerprint density at radius 3 is 2.64 bits per heavy atom. The molecule has 3 rings (SSSR count). The smallest absolute Gasteiger partial charge is 0.255 e. The Bertz CT molecular complexity index is 701. The highest BCUT2D eigenvalue weighted by atomic mass is 35.5. The van der Waals surface area contributed by atoms with Crippen LogP contribution in [0.25, 0.3) is 0 Å². The number of hydrogen-bond donors (Lipinski definition) is 1. The monoisotopic (exact) mass is 340 g/mol. The zero-order valence-electron chi connectivity index (χ0n) is 12.7. The van der Waals surface area contributed by atoms with Gasteiger partial charge in [-0.1, -0.05) is 17.7 Å². The second-order valence-corrected chi connectivity index (χ2v) is 9.34. The molecule has 0 bridgehead atoms. The average molecular weight is 341 g/mol. The Kier molecular flexibility index (Phi) is 3.98. The maximum absolute atomic E-state index is 12.9. The van der Waals surface area contributed by atoms with E-state index in [0.29, 0.717) is 34.9 Å². The molecule has 1 amide bonds. The summed E-state index contributed by atoms with van der Waals surface area (Å²) >= 11 is 6.25. The Hall–Kier alpha value is -1.07. The van der Waals surface area contributed by atoms with Crippen molar-refractivity contribution in [2.24, 2.45) is 0 Å². The molecule has 1 N–H and O–H groups in total. The van der Waals surface area contributed by atoms with Crippen LogP contribution >= 0.6 is 11.6 Å². The first-order chi connectivity index (χ1) is 10.3. The Labute approximate surface area is 136 Å². The van der Waals surface area contributed by atoms with E-state index in [1.165, 1.54) is 0 Å². The lowest BCUT2D eigenvalue weighted by molar-refractivity contribution is 0.0571. The summed E-state index contributed by atoms with van der Waals surface area (Å²) < 4.78 is 19.7. The third-order valence-corrected chi connectivity index (χ3v) is 7.03. The van der Waals surface area contributed by atoms with Gasteiger partial charge < -0.3 is 4.90 Å². The van der Waals surface area contributed by atoms with E-state index in [0.717, 1.165) is 24.9 Å². The molecule has 120 valence electrons. The zero-order chi connectivity index (χ0) is 16.0. The maximum atomic E-state index is 12.9. The Morgan fingerprint density at radius 1 is 1.32 bits per heavy atom. The second kappa shape index (κ2) is 5.53. The van der Waals surface area contributed by atoms with Gasteiger partial charge >= 0.3 is 0 Å². The first-order valence-electron chi connectivity index (χ1n) is 7.65. The number of hydrogen-bond acceptors (Lipinski definition) is 3. The maximum Gasteiger partial charge on any atom is 0.255 e. The van der Waals surface area contributed by atoms with Crippen LogP contribution in [-0.2, 0) is 9.73 Å². The molecule has 0 atom stereocenters. The molecule has 2 saturated heterocycles. The van der Waals surface area contributed by atoms with E-state index >= 15 is 0 Å². The summed E-state index contributed by atoms with van der Waals surface area (Å²) in [5, 5.41) is 0.493. The highest BCUT2D eigenvalue weighted by molar-refractivity contribution is 7.92. The molecule has 0 radical (unpaired) electrons. The molecule has 0 unspecified atom stereocenters. The molecule has 1 aromatic rings. The first kappa shape index (κ1) is 15.8. The van der Waals surface area contributed by atoms with Gasteiger partial charge in [0.25, 0.3) is 5.91 Å². The topological polar surface area (TPSA) is 61.2 Å². The van der Waals surface area contributed by atoms with Crippen LogP contribution < -0.4 is 0 Å². The van der Waals surface area contributed by atoms with Gasteiger partial charge in [0.2, 0.25) is 0 Å². The van der Waals surface area contributed by atoms with Crippen molar-refractivity contribution in [1.82, 2.24) is 4.90 Å². The number of aryl methyl sites for hydroxylation is 1. The minimum atomic E-state index is -2.44. The summed E-state index contributed by atoms with van der Waals surface area (Å²) in [5.74, 6) is 0.775. The van der Waals surface area contributed by atoms with Crippen LogP contribution in [0.5, 0.6) is 0 Å². The average Bonchev–Trinajstić information content (AvgIpc) is 2.86. The minimum absolute atomic E-state index is 0.0270. The second-order valence-electron chi connectivity index (χ2n) is 6.49. The number of nitrogens with zero attached hydrogens (tertiary/aromatic N) is 1. The summed E-state index contributed by atoms with van der Waals surface area (Å²) in [6.45, 7) is 2.67. The standard InChI is InChI=1S/C16H21ClN2O2S/c1-12-3-4-13(14(17)11-12)15(20)19-8-2-5-16(19)6-9-22(18,21)10-7-16/h3-4,11,18H,2,5-10H2,1H3. The van der Waals surface area contributed by atoms with Crippen LogP contribution in [0, 0.1) is 11.7 Å². The molecule has 2 aliphatic heterocycles. The number of benzene rings is 1. The number of carbonyl (C=O) groups is 1. The van der Waals surface area contributed by atoms with E-state index in [1.807, 2.05) is 24.0 Å². The van der Waals surface area contributed by atoms with E-state index in [-0.39, 0.29) is 11.4 Å². The lowest BCUT2D eigenvalue weighted by Crippen LogP contribution is -2.51. The molecule has 0 aliphatic carbocycles. The third-order valence-electron chi connectivity index (χ3n) is 4.99. The molecule has 1 aromatic carbocycles. The predicted molar refractivity (Wildman–Crippen MR) is 89.0 cm³/mol. The van der Waals surface area contributed by atoms with Crippen LogP contribution in [0.4, 0.5) is 0 Å². The van der Waals surface area contributed by atoms with Gasteiger partial charge in [0, 0.05) is 33.3 Å². The predicted octanol–water partition coefficient (Wildman–Crippen LogP) is 3.46. The molecular formula is C16H21ClN2O2S. The SMILES string of the molecule is Cc1ccc(C(=O)N2CCCC23CCS(=N)(=O)CC3)c(Cl)c1. The zero-order valence-corrected chi connectivity index (χ0v) is 14.3. The van der Waals surface area contributed by atoms with Crippen molar-refractivity contribution in [3.8, 4) is 0 Å². The van der Waals surface area contributed by atoms with Gasteiger partial charge in [-0.3, -0.25) is 9.57 Å². The van der Waals surface area contributed by atoms with E-state index in [9.17, 15) is 9.00 Å². The van der Waals surface area contributed by atoms with Gasteiger partial charge in [0.05, 0.1) is 10.6 Å². The van der Waals surface area contributed by atoms with E-state index < -0.39 is 9.73 Å². The van der Waals surface area contributed by atoms with Crippen molar-refractivity contribution in [3.63, 3.8) is 0 Å². The first-order valence-corrected chi connectivity index (χ1v) is 9.93. The van der Waals surface area contributed by atoms with Crippen LogP contribution in [0.3, 0.4) is 0 Å². The lowest BCUT2D eigenvalue weighted by atomic mass is 9.89. The summed E-state index contributed by atoms with van der Waals surface area (Å²) in [7, 11) is -2.44. The number of carbonyl (C=O) groups excluding carboxylic acids is 1. The molecule has 2 heterocycles. The fourth-order valence-electron chi connectivity index (χ4n) is 3.65. The molecule has 6 heteroatoms. The van der Waals surface area contributed by atoms with Gasteiger partial charge in [-0.2, -0.15) is 0 Å². The number of likely N-dealkylation sites (tertiary alicyclic amines) is 1. The Morgan fingerprint density at radius 2 is 2.00 bits per heavy atom. The molecule has 0 saturated carbocycles. The molecule has 0 aromatic heterocycles. The number of halogens is 1. The molecule has 2 aliphatic rings. The molecule has 22 heavy (non-hydrogen) atoms. The van der Waals surface area contributed by atoms with Crippen LogP contribution in [0.2, 0.25) is 5.02 Å². The fraction of sp³-hybridized carbons (Fsp3) is 0.562. The summed E-state index contributed by atoms with van der Waals surface area (Å²) in [5.41, 5.74) is 1.36. The largest absolute Gasteiger partial charge is 0.333 e. The quantitative estimate of drug-likeness (QED) is 0.851. The third kappa shape index (κ3) is 2.76. The molecular weight excluding hydrogens is 320 g/mol. The fourth-order valence-corrected chi connectivity index (χ4v) is 5.59. The summed E-state index contributed by atoms with van der Waals surface area (Å²) in [6, 6.07) is 5.51. The minimum Gasteiger partial charge on any atom is -0.333 e. The number of nitrogens with one attached hydrogen (secondary N) is 1. The van der Waals surface area contributed by atoms with Crippen molar-refractivity contribution in [1.29, 1.82) is 4.78 Å². The molecule has 2 fully saturated rings. The van der Waals surface area contributed by atoms with Crippen molar-refractivity contribution in [2.75, 3.05) is 18.1 Å².